The van der Waals surface area contributed by atoms with Crippen LogP contribution in [0.25, 0.3) is 0 Å². The van der Waals surface area contributed by atoms with Gasteiger partial charge >= 0.3 is 0 Å². The largest absolute Gasteiger partial charge is 0.285 e. The van der Waals surface area contributed by atoms with Crippen LogP contribution in [0.1, 0.15) is 9.71 Å². The molecule has 0 atom stereocenters. The van der Waals surface area contributed by atoms with E-state index in [1.807, 2.05) is 0 Å². The lowest BCUT2D eigenvalue weighted by molar-refractivity contribution is -0.385. The first-order valence-electron chi connectivity index (χ1n) is 2.63. The topological polar surface area (TPSA) is 43.1 Å². The Morgan fingerprint density at radius 2 is 2.27 bits per heavy atom. The molecular weight excluding hydrogens is 209 g/mol. The summed E-state index contributed by atoms with van der Waals surface area (Å²) >= 11 is 12.1. The van der Waals surface area contributed by atoms with E-state index in [-0.39, 0.29) is 5.69 Å². The highest BCUT2D eigenvalue weighted by atomic mass is 35.5. The van der Waals surface area contributed by atoms with Crippen molar-refractivity contribution in [1.82, 2.24) is 0 Å². The molecule has 0 unspecified atom stereocenters. The number of nitrogens with zero attached hydrogens (tertiary/aromatic N) is 1. The van der Waals surface area contributed by atoms with Crippen LogP contribution in [0, 0.1) is 10.1 Å². The van der Waals surface area contributed by atoms with Crippen LogP contribution in [0.4, 0.5) is 5.69 Å². The van der Waals surface area contributed by atoms with Gasteiger partial charge in [-0.1, -0.05) is 23.2 Å². The quantitative estimate of drug-likeness (QED) is 0.429. The van der Waals surface area contributed by atoms with Gasteiger partial charge in [-0.3, -0.25) is 10.1 Å². The van der Waals surface area contributed by atoms with Crippen molar-refractivity contribution in [1.29, 1.82) is 0 Å². The minimum Gasteiger partial charge on any atom is -0.258 e. The normalized spacial score (nSPS) is 10.5. The third-order valence-electron chi connectivity index (χ3n) is 1.07. The van der Waals surface area contributed by atoms with Crippen molar-refractivity contribution in [3.63, 3.8) is 0 Å². The summed E-state index contributed by atoms with van der Waals surface area (Å²) in [5.41, 5.74) is -0.00926. The van der Waals surface area contributed by atoms with Gasteiger partial charge in [-0.15, -0.1) is 11.3 Å². The molecule has 3 nitrogen and oxygen atoms in total. The van der Waals surface area contributed by atoms with Crippen LogP contribution >= 0.6 is 34.5 Å². The van der Waals surface area contributed by atoms with Crippen molar-refractivity contribution < 1.29 is 4.92 Å². The van der Waals surface area contributed by atoms with Gasteiger partial charge in [0.1, 0.15) is 9.71 Å². The predicted octanol–water partition coefficient (Wildman–Crippen LogP) is 3.13. The van der Waals surface area contributed by atoms with Crippen molar-refractivity contribution >= 4 is 40.2 Å². The Bertz CT molecular complexity index is 273. The lowest BCUT2D eigenvalue weighted by atomic mass is 10.4. The summed E-state index contributed by atoms with van der Waals surface area (Å²) in [6.45, 7) is 0. The second-order valence-electron chi connectivity index (χ2n) is 1.73. The highest BCUT2D eigenvalue weighted by molar-refractivity contribution is 7.11. The molecule has 1 aromatic heterocycles. The number of alkyl halides is 2. The van der Waals surface area contributed by atoms with E-state index in [9.17, 15) is 10.1 Å². The maximum absolute atomic E-state index is 10.3. The van der Waals surface area contributed by atoms with E-state index >= 15 is 0 Å². The Morgan fingerprint density at radius 1 is 1.64 bits per heavy atom. The lowest BCUT2D eigenvalue weighted by Gasteiger charge is -1.94. The molecule has 0 bridgehead atoms. The van der Waals surface area contributed by atoms with Gasteiger partial charge in [0, 0.05) is 6.07 Å². The van der Waals surface area contributed by atoms with Crippen LogP contribution in [-0.4, -0.2) is 4.92 Å². The van der Waals surface area contributed by atoms with Crippen LogP contribution < -0.4 is 0 Å². The van der Waals surface area contributed by atoms with Crippen LogP contribution in [0.2, 0.25) is 0 Å². The minimum absolute atomic E-state index is 0.00926. The van der Waals surface area contributed by atoms with Gasteiger partial charge in [0.05, 0.1) is 4.92 Å². The number of hydrogen-bond acceptors (Lipinski definition) is 3. The number of hydrogen-bond donors (Lipinski definition) is 0. The van der Waals surface area contributed by atoms with E-state index in [0.29, 0.717) is 4.88 Å². The molecule has 11 heavy (non-hydrogen) atoms. The summed E-state index contributed by atoms with van der Waals surface area (Å²) in [6, 6.07) is 1.39. The van der Waals surface area contributed by atoms with Crippen LogP contribution in [0.5, 0.6) is 0 Å². The summed E-state index contributed by atoms with van der Waals surface area (Å²) in [7, 11) is 0. The second-order valence-corrected chi connectivity index (χ2v) is 3.77. The second kappa shape index (κ2) is 3.38. The fourth-order valence-corrected chi connectivity index (χ4v) is 1.87. The van der Waals surface area contributed by atoms with Gasteiger partial charge in [-0.2, -0.15) is 0 Å². The Balaban J connectivity index is 3.06. The minimum atomic E-state index is -0.810. The van der Waals surface area contributed by atoms with Crippen molar-refractivity contribution in [2.75, 3.05) is 0 Å². The molecule has 0 aliphatic rings. The number of nitro groups is 1. The zero-order chi connectivity index (χ0) is 8.43. The molecule has 1 heterocycles. The summed E-state index contributed by atoms with van der Waals surface area (Å²) in [4.78, 5) is 9.36. The van der Waals surface area contributed by atoms with Gasteiger partial charge in [0.25, 0.3) is 5.69 Å². The first-order valence-corrected chi connectivity index (χ1v) is 4.38. The fourth-order valence-electron chi connectivity index (χ4n) is 0.628. The van der Waals surface area contributed by atoms with Crippen molar-refractivity contribution in [3.8, 4) is 0 Å². The van der Waals surface area contributed by atoms with E-state index in [4.69, 9.17) is 23.2 Å². The summed E-state index contributed by atoms with van der Waals surface area (Å²) in [5, 5.41) is 11.9. The molecule has 6 heteroatoms. The standard InChI is InChI=1S/C5H3Cl2NO2S/c6-5(7)4-3(8(9)10)1-2-11-4/h1-2,5H. The fraction of sp³-hybridized carbons (Fsp3) is 0.200. The van der Waals surface area contributed by atoms with Crippen LogP contribution in [-0.2, 0) is 0 Å². The van der Waals surface area contributed by atoms with Crippen molar-refractivity contribution in [2.24, 2.45) is 0 Å². The summed E-state index contributed by atoms with van der Waals surface area (Å²) in [5.74, 6) is 0. The van der Waals surface area contributed by atoms with Gasteiger partial charge in [0.2, 0.25) is 0 Å². The van der Waals surface area contributed by atoms with Crippen molar-refractivity contribution in [2.45, 2.75) is 4.84 Å². The SMILES string of the molecule is O=[N+]([O-])c1ccsc1C(Cl)Cl. The van der Waals surface area contributed by atoms with E-state index < -0.39 is 9.76 Å². The Hall–Kier alpha value is -0.320. The average molecular weight is 212 g/mol. The van der Waals surface area contributed by atoms with E-state index in [2.05, 4.69) is 0 Å². The molecule has 1 rings (SSSR count). The molecule has 0 N–H and O–H groups in total. The molecule has 0 aliphatic carbocycles. The summed E-state index contributed by atoms with van der Waals surface area (Å²) < 4.78 is 0. The molecule has 1 aromatic rings. The highest BCUT2D eigenvalue weighted by Crippen LogP contribution is 2.36. The van der Waals surface area contributed by atoms with Gasteiger partial charge in [0.15, 0.2) is 0 Å². The Labute approximate surface area is 76.7 Å². The monoisotopic (exact) mass is 211 g/mol. The maximum Gasteiger partial charge on any atom is 0.285 e. The van der Waals surface area contributed by atoms with E-state index in [0.717, 1.165) is 0 Å². The van der Waals surface area contributed by atoms with Gasteiger partial charge in [-0.25, -0.2) is 0 Å². The summed E-state index contributed by atoms with van der Waals surface area (Å²) in [6.07, 6.45) is 0. The zero-order valence-electron chi connectivity index (χ0n) is 5.16. The van der Waals surface area contributed by atoms with Gasteiger partial charge in [-0.05, 0) is 5.38 Å². The van der Waals surface area contributed by atoms with E-state index in [1.54, 1.807) is 5.38 Å². The molecule has 0 aromatic carbocycles. The van der Waals surface area contributed by atoms with Crippen molar-refractivity contribution in [3.05, 3.63) is 26.4 Å². The number of thiophene rings is 1. The molecule has 0 saturated heterocycles. The molecule has 0 radical (unpaired) electrons. The molecule has 0 saturated carbocycles. The third-order valence-corrected chi connectivity index (χ3v) is 2.73. The molecule has 0 aliphatic heterocycles. The lowest BCUT2D eigenvalue weighted by Crippen LogP contribution is -1.88. The zero-order valence-corrected chi connectivity index (χ0v) is 7.49. The third kappa shape index (κ3) is 1.83. The smallest absolute Gasteiger partial charge is 0.258 e. The molecule has 0 amide bonds. The molecule has 0 fully saturated rings. The molecule has 60 valence electrons. The molecule has 0 spiro atoms. The molecular formula is C5H3Cl2NO2S. The van der Waals surface area contributed by atoms with Crippen LogP contribution in [0.15, 0.2) is 11.4 Å². The maximum atomic E-state index is 10.3. The highest BCUT2D eigenvalue weighted by Gasteiger charge is 2.19. The Morgan fingerprint density at radius 3 is 2.64 bits per heavy atom. The predicted molar refractivity (Wildman–Crippen MR) is 45.4 cm³/mol. The number of halogens is 2. The average Bonchev–Trinajstić information content (AvgIpc) is 2.32. The first-order chi connectivity index (χ1) is 5.13. The van der Waals surface area contributed by atoms with E-state index in [1.165, 1.54) is 17.4 Å². The first kappa shape index (κ1) is 8.77. The van der Waals surface area contributed by atoms with Crippen LogP contribution in [0.3, 0.4) is 0 Å². The van der Waals surface area contributed by atoms with Gasteiger partial charge < -0.3 is 0 Å². The number of rotatable bonds is 2. The Kier molecular flexibility index (Phi) is 2.70.